The van der Waals surface area contributed by atoms with Crippen LogP contribution < -0.4 is 15.0 Å². The van der Waals surface area contributed by atoms with Crippen LogP contribution in [-0.2, 0) is 10.0 Å². The first-order chi connectivity index (χ1) is 16.2. The fraction of sp³-hybridized carbons (Fsp3) is 0.480. The highest BCUT2D eigenvalue weighted by atomic mass is 32.2. The number of methoxy groups -OCH3 is 1. The minimum Gasteiger partial charge on any atom is -0.495 e. The van der Waals surface area contributed by atoms with Crippen LogP contribution in [0.25, 0.3) is 0 Å². The molecular formula is C25H32FN3O4S. The van der Waals surface area contributed by atoms with E-state index in [-0.39, 0.29) is 33.7 Å². The molecule has 2 saturated heterocycles. The number of carbonyl (C=O) groups excluding carboxylic acids is 1. The second-order valence-corrected chi connectivity index (χ2v) is 11.3. The summed E-state index contributed by atoms with van der Waals surface area (Å²) in [5.74, 6) is -0.464. The molecule has 2 aromatic carbocycles. The van der Waals surface area contributed by atoms with Crippen LogP contribution in [0.5, 0.6) is 5.75 Å². The highest BCUT2D eigenvalue weighted by molar-refractivity contribution is 7.89. The molecule has 0 aromatic heterocycles. The maximum absolute atomic E-state index is 14.7. The Labute approximate surface area is 200 Å². The molecule has 4 rings (SSSR count). The molecule has 34 heavy (non-hydrogen) atoms. The molecule has 2 heterocycles. The average molecular weight is 490 g/mol. The van der Waals surface area contributed by atoms with Gasteiger partial charge < -0.3 is 15.0 Å². The molecule has 2 unspecified atom stereocenters. The molecule has 9 heteroatoms. The minimum absolute atomic E-state index is 0.0581. The maximum atomic E-state index is 14.7. The van der Waals surface area contributed by atoms with E-state index >= 15 is 0 Å². The smallest absolute Gasteiger partial charge is 0.255 e. The van der Waals surface area contributed by atoms with E-state index in [9.17, 15) is 17.6 Å². The Hall–Kier alpha value is -2.65. The van der Waals surface area contributed by atoms with Crippen LogP contribution in [0.2, 0.25) is 0 Å². The molecule has 0 radical (unpaired) electrons. The number of hydrogen-bond donors (Lipinski definition) is 1. The van der Waals surface area contributed by atoms with Gasteiger partial charge in [-0.1, -0.05) is 19.9 Å². The number of piperidine rings is 1. The van der Waals surface area contributed by atoms with Crippen LogP contribution in [0, 0.1) is 17.7 Å². The standard InChI is InChI=1S/C25H32FN3O4S/c1-17-13-18(2)16-29(15-17)34(31,32)23-14-19(9-10-22(23)33-3)25(30)27-24-20(26)7-6-8-21(24)28-11-4-5-12-28/h6-10,14,17-18H,4-5,11-13,15-16H2,1-3H3,(H,27,30). The monoisotopic (exact) mass is 489 g/mol. The van der Waals surface area contributed by atoms with E-state index in [1.165, 1.54) is 35.7 Å². The van der Waals surface area contributed by atoms with Crippen molar-refractivity contribution < 1.29 is 22.3 Å². The number of ether oxygens (including phenoxy) is 1. The predicted octanol–water partition coefficient (Wildman–Crippen LogP) is 4.35. The largest absolute Gasteiger partial charge is 0.495 e. The van der Waals surface area contributed by atoms with Gasteiger partial charge in [0, 0.05) is 31.7 Å². The normalized spacial score (nSPS) is 21.5. The van der Waals surface area contributed by atoms with E-state index in [1.807, 2.05) is 18.7 Å². The Morgan fingerprint density at radius 3 is 2.41 bits per heavy atom. The lowest BCUT2D eigenvalue weighted by Crippen LogP contribution is -2.42. The van der Waals surface area contributed by atoms with E-state index in [0.29, 0.717) is 18.8 Å². The first-order valence-corrected chi connectivity index (χ1v) is 13.2. The van der Waals surface area contributed by atoms with Crippen molar-refractivity contribution in [2.24, 2.45) is 11.8 Å². The molecule has 184 valence electrons. The molecule has 0 saturated carbocycles. The number of para-hydroxylation sites is 1. The van der Waals surface area contributed by atoms with Gasteiger partial charge in [-0.15, -0.1) is 0 Å². The quantitative estimate of drug-likeness (QED) is 0.653. The van der Waals surface area contributed by atoms with Gasteiger partial charge in [-0.2, -0.15) is 4.31 Å². The Balaban J connectivity index is 1.66. The van der Waals surface area contributed by atoms with Gasteiger partial charge in [0.15, 0.2) is 0 Å². The highest BCUT2D eigenvalue weighted by Crippen LogP contribution is 2.34. The lowest BCUT2D eigenvalue weighted by molar-refractivity contribution is 0.102. The SMILES string of the molecule is COc1ccc(C(=O)Nc2c(F)cccc2N2CCCC2)cc1S(=O)(=O)N1CC(C)CC(C)C1. The summed E-state index contributed by atoms with van der Waals surface area (Å²) in [7, 11) is -2.48. The third-order valence-electron chi connectivity index (χ3n) is 6.56. The molecule has 7 nitrogen and oxygen atoms in total. The summed E-state index contributed by atoms with van der Waals surface area (Å²) in [6.45, 7) is 6.49. The Kier molecular flexibility index (Phi) is 7.14. The molecule has 2 atom stereocenters. The van der Waals surface area contributed by atoms with Gasteiger partial charge in [-0.05, 0) is 61.4 Å². The fourth-order valence-corrected chi connectivity index (χ4v) is 6.87. The number of hydrogen-bond acceptors (Lipinski definition) is 5. The van der Waals surface area contributed by atoms with Crippen molar-refractivity contribution in [3.63, 3.8) is 0 Å². The molecule has 1 N–H and O–H groups in total. The van der Waals surface area contributed by atoms with Gasteiger partial charge in [0.25, 0.3) is 5.91 Å². The first kappa shape index (κ1) is 24.5. The molecule has 2 aliphatic rings. The second-order valence-electron chi connectivity index (χ2n) is 9.42. The van der Waals surface area contributed by atoms with Gasteiger partial charge >= 0.3 is 0 Å². The van der Waals surface area contributed by atoms with Gasteiger partial charge in [0.2, 0.25) is 10.0 Å². The van der Waals surface area contributed by atoms with Crippen LogP contribution in [0.15, 0.2) is 41.3 Å². The molecule has 2 fully saturated rings. The molecule has 1 amide bonds. The van der Waals surface area contributed by atoms with Crippen molar-refractivity contribution in [3.05, 3.63) is 47.8 Å². The maximum Gasteiger partial charge on any atom is 0.255 e. The Morgan fingerprint density at radius 1 is 1.09 bits per heavy atom. The number of nitrogens with one attached hydrogen (secondary N) is 1. The Morgan fingerprint density at radius 2 is 1.76 bits per heavy atom. The average Bonchev–Trinajstić information content (AvgIpc) is 3.34. The van der Waals surface area contributed by atoms with Crippen molar-refractivity contribution in [1.29, 1.82) is 0 Å². The zero-order chi connectivity index (χ0) is 24.5. The summed E-state index contributed by atoms with van der Waals surface area (Å²) in [5.41, 5.74) is 0.852. The number of carbonyl (C=O) groups is 1. The Bertz CT molecular complexity index is 1150. The summed E-state index contributed by atoms with van der Waals surface area (Å²) >= 11 is 0. The molecule has 2 aliphatic heterocycles. The molecule has 2 aromatic rings. The second kappa shape index (κ2) is 9.92. The number of nitrogens with zero attached hydrogens (tertiary/aromatic N) is 2. The first-order valence-electron chi connectivity index (χ1n) is 11.7. The number of anilines is 2. The highest BCUT2D eigenvalue weighted by Gasteiger charge is 2.34. The number of benzene rings is 2. The lowest BCUT2D eigenvalue weighted by atomic mass is 9.94. The van der Waals surface area contributed by atoms with E-state index in [2.05, 4.69) is 5.32 Å². The van der Waals surface area contributed by atoms with Gasteiger partial charge in [-0.25, -0.2) is 12.8 Å². The van der Waals surface area contributed by atoms with Crippen LogP contribution >= 0.6 is 0 Å². The fourth-order valence-electron chi connectivity index (χ4n) is 5.00. The van der Waals surface area contributed by atoms with Crippen molar-refractivity contribution in [2.45, 2.75) is 38.0 Å². The zero-order valence-corrected chi connectivity index (χ0v) is 20.7. The molecule has 0 bridgehead atoms. The van der Waals surface area contributed by atoms with Crippen LogP contribution in [-0.4, -0.2) is 51.9 Å². The zero-order valence-electron chi connectivity index (χ0n) is 19.9. The number of rotatable bonds is 6. The van der Waals surface area contributed by atoms with E-state index < -0.39 is 21.7 Å². The van der Waals surface area contributed by atoms with Crippen LogP contribution in [0.4, 0.5) is 15.8 Å². The third-order valence-corrected chi connectivity index (χ3v) is 8.41. The van der Waals surface area contributed by atoms with Crippen molar-refractivity contribution in [1.82, 2.24) is 4.31 Å². The van der Waals surface area contributed by atoms with E-state index in [1.54, 1.807) is 12.1 Å². The summed E-state index contributed by atoms with van der Waals surface area (Å²) in [6.07, 6.45) is 2.99. The summed E-state index contributed by atoms with van der Waals surface area (Å²) in [5, 5.41) is 2.68. The van der Waals surface area contributed by atoms with Gasteiger partial charge in [0.1, 0.15) is 22.1 Å². The number of amides is 1. The van der Waals surface area contributed by atoms with E-state index in [0.717, 1.165) is 32.4 Å². The molecule has 0 spiro atoms. The summed E-state index contributed by atoms with van der Waals surface area (Å²) in [4.78, 5) is 15.1. The summed E-state index contributed by atoms with van der Waals surface area (Å²) < 4.78 is 48.6. The predicted molar refractivity (Wildman–Crippen MR) is 130 cm³/mol. The minimum atomic E-state index is -3.88. The number of sulfonamides is 1. The topological polar surface area (TPSA) is 79.0 Å². The molecular weight excluding hydrogens is 457 g/mol. The number of halogens is 1. The van der Waals surface area contributed by atoms with Gasteiger partial charge in [0.05, 0.1) is 12.8 Å². The van der Waals surface area contributed by atoms with Crippen molar-refractivity contribution in [3.8, 4) is 5.75 Å². The van der Waals surface area contributed by atoms with Crippen LogP contribution in [0.1, 0.15) is 43.5 Å². The summed E-state index contributed by atoms with van der Waals surface area (Å²) in [6, 6.07) is 9.00. The van der Waals surface area contributed by atoms with Crippen molar-refractivity contribution >= 4 is 27.3 Å². The van der Waals surface area contributed by atoms with Crippen LogP contribution in [0.3, 0.4) is 0 Å². The molecule has 0 aliphatic carbocycles. The van der Waals surface area contributed by atoms with Crippen molar-refractivity contribution in [2.75, 3.05) is 43.5 Å². The lowest BCUT2D eigenvalue weighted by Gasteiger charge is -2.34. The van der Waals surface area contributed by atoms with E-state index in [4.69, 9.17) is 4.74 Å². The third kappa shape index (κ3) is 4.90. The van der Waals surface area contributed by atoms with Gasteiger partial charge in [-0.3, -0.25) is 4.79 Å².